The summed E-state index contributed by atoms with van der Waals surface area (Å²) in [5.41, 5.74) is 2.86. The first-order chi connectivity index (χ1) is 17.3. The lowest BCUT2D eigenvalue weighted by molar-refractivity contribution is -0.141. The third kappa shape index (κ3) is 5.83. The van der Waals surface area contributed by atoms with Gasteiger partial charge >= 0.3 is 0 Å². The van der Waals surface area contributed by atoms with Gasteiger partial charge in [0, 0.05) is 25.6 Å². The number of hydrogen-bond donors (Lipinski definition) is 1. The summed E-state index contributed by atoms with van der Waals surface area (Å²) in [6.45, 7) is 4.26. The van der Waals surface area contributed by atoms with Gasteiger partial charge in [-0.15, -0.1) is 0 Å². The highest BCUT2D eigenvalue weighted by Crippen LogP contribution is 2.23. The molecule has 2 aliphatic rings. The van der Waals surface area contributed by atoms with Crippen LogP contribution >= 0.6 is 0 Å². The van der Waals surface area contributed by atoms with E-state index in [4.69, 9.17) is 0 Å². The van der Waals surface area contributed by atoms with Crippen LogP contribution < -0.4 is 5.32 Å². The first kappa shape index (κ1) is 25.6. The normalized spacial score (nSPS) is 16.6. The number of fused-ring (bicyclic) bond motifs is 1. The number of carbonyl (C=O) groups excluding carboxylic acids is 4. The van der Waals surface area contributed by atoms with Crippen molar-refractivity contribution in [1.82, 2.24) is 15.1 Å². The summed E-state index contributed by atoms with van der Waals surface area (Å²) in [6, 6.07) is 14.2. The summed E-state index contributed by atoms with van der Waals surface area (Å²) in [7, 11) is 0. The fraction of sp³-hybridized carbons (Fsp3) is 0.448. The van der Waals surface area contributed by atoms with Gasteiger partial charge in [0.05, 0.1) is 11.1 Å². The summed E-state index contributed by atoms with van der Waals surface area (Å²) in [6.07, 6.45) is 5.86. The molecule has 1 saturated carbocycles. The van der Waals surface area contributed by atoms with Gasteiger partial charge in [0.25, 0.3) is 11.8 Å². The van der Waals surface area contributed by atoms with Crippen LogP contribution in [0.1, 0.15) is 83.7 Å². The first-order valence-electron chi connectivity index (χ1n) is 13.0. The van der Waals surface area contributed by atoms with Crippen LogP contribution in [0.25, 0.3) is 0 Å². The Morgan fingerprint density at radius 2 is 1.67 bits per heavy atom. The minimum absolute atomic E-state index is 0.136. The number of carbonyl (C=O) groups is 4. The molecule has 1 atom stereocenters. The van der Waals surface area contributed by atoms with Crippen LogP contribution in [0.5, 0.6) is 0 Å². The van der Waals surface area contributed by atoms with E-state index in [1.807, 2.05) is 31.2 Å². The summed E-state index contributed by atoms with van der Waals surface area (Å²) in [5.74, 6) is -0.942. The van der Waals surface area contributed by atoms with Crippen molar-refractivity contribution in [3.63, 3.8) is 0 Å². The van der Waals surface area contributed by atoms with Crippen LogP contribution in [0.15, 0.2) is 48.5 Å². The van der Waals surface area contributed by atoms with Crippen molar-refractivity contribution in [3.05, 3.63) is 70.8 Å². The molecule has 2 aromatic rings. The summed E-state index contributed by atoms with van der Waals surface area (Å²) < 4.78 is 0. The summed E-state index contributed by atoms with van der Waals surface area (Å²) in [4.78, 5) is 54.6. The van der Waals surface area contributed by atoms with E-state index in [9.17, 15) is 19.2 Å². The standard InChI is InChI=1S/C29H35N3O4/c1-20-10-8-11-22(18-20)19-32(21(2)27(34)30-23-12-4-3-5-13-23)26(33)16-9-17-31-28(35)24-14-6-7-15-25(24)29(31)36/h6-8,10-11,14-15,18,21,23H,3-5,9,12-13,16-17,19H2,1-2H3,(H,30,34)/t21-/m1/s1. The lowest BCUT2D eigenvalue weighted by Gasteiger charge is -2.31. The largest absolute Gasteiger partial charge is 0.352 e. The highest BCUT2D eigenvalue weighted by Gasteiger charge is 2.35. The molecule has 1 aliphatic heterocycles. The molecule has 36 heavy (non-hydrogen) atoms. The van der Waals surface area contributed by atoms with E-state index in [1.165, 1.54) is 11.3 Å². The molecule has 1 N–H and O–H groups in total. The second-order valence-electron chi connectivity index (χ2n) is 9.94. The van der Waals surface area contributed by atoms with Gasteiger partial charge in [-0.05, 0) is 50.8 Å². The lowest BCUT2D eigenvalue weighted by atomic mass is 9.95. The number of imide groups is 1. The molecular formula is C29H35N3O4. The summed E-state index contributed by atoms with van der Waals surface area (Å²) >= 11 is 0. The predicted molar refractivity (Wildman–Crippen MR) is 137 cm³/mol. The van der Waals surface area contributed by atoms with Crippen molar-refractivity contribution in [2.75, 3.05) is 6.54 Å². The Balaban J connectivity index is 1.41. The van der Waals surface area contributed by atoms with Crippen molar-refractivity contribution in [2.45, 2.75) is 77.4 Å². The molecule has 1 aliphatic carbocycles. The second-order valence-corrected chi connectivity index (χ2v) is 9.94. The topological polar surface area (TPSA) is 86.8 Å². The Morgan fingerprint density at radius 1 is 1.00 bits per heavy atom. The number of nitrogens with zero attached hydrogens (tertiary/aromatic N) is 2. The quantitative estimate of drug-likeness (QED) is 0.534. The van der Waals surface area contributed by atoms with Crippen LogP contribution in [0.2, 0.25) is 0 Å². The van der Waals surface area contributed by atoms with E-state index >= 15 is 0 Å². The molecule has 4 amide bonds. The zero-order chi connectivity index (χ0) is 25.7. The van der Waals surface area contributed by atoms with E-state index in [1.54, 1.807) is 36.1 Å². The smallest absolute Gasteiger partial charge is 0.261 e. The van der Waals surface area contributed by atoms with Crippen LogP contribution in [0, 0.1) is 6.92 Å². The maximum atomic E-state index is 13.4. The van der Waals surface area contributed by atoms with Crippen molar-refractivity contribution < 1.29 is 19.2 Å². The lowest BCUT2D eigenvalue weighted by Crippen LogP contribution is -2.50. The molecule has 7 heteroatoms. The van der Waals surface area contributed by atoms with Crippen molar-refractivity contribution in [1.29, 1.82) is 0 Å². The zero-order valence-corrected chi connectivity index (χ0v) is 21.2. The van der Waals surface area contributed by atoms with Crippen molar-refractivity contribution in [3.8, 4) is 0 Å². The van der Waals surface area contributed by atoms with Crippen LogP contribution in [0.4, 0.5) is 0 Å². The molecule has 0 radical (unpaired) electrons. The molecular weight excluding hydrogens is 454 g/mol. The molecule has 7 nitrogen and oxygen atoms in total. The van der Waals surface area contributed by atoms with E-state index in [0.717, 1.165) is 36.8 Å². The number of aryl methyl sites for hydroxylation is 1. The minimum atomic E-state index is -0.626. The molecule has 2 aromatic carbocycles. The molecule has 4 rings (SSSR count). The molecule has 0 saturated heterocycles. The number of amides is 4. The third-order valence-electron chi connectivity index (χ3n) is 7.20. The Kier molecular flexibility index (Phi) is 8.18. The van der Waals surface area contributed by atoms with Gasteiger partial charge in [-0.1, -0.05) is 61.2 Å². The summed E-state index contributed by atoms with van der Waals surface area (Å²) in [5, 5.41) is 3.14. The van der Waals surface area contributed by atoms with Crippen molar-refractivity contribution >= 4 is 23.6 Å². The average molecular weight is 490 g/mol. The minimum Gasteiger partial charge on any atom is -0.352 e. The van der Waals surface area contributed by atoms with Gasteiger partial charge < -0.3 is 10.2 Å². The Hall–Kier alpha value is -3.48. The number of hydrogen-bond acceptors (Lipinski definition) is 4. The molecule has 0 spiro atoms. The number of benzene rings is 2. The molecule has 190 valence electrons. The van der Waals surface area contributed by atoms with Crippen LogP contribution in [-0.2, 0) is 16.1 Å². The highest BCUT2D eigenvalue weighted by atomic mass is 16.2. The maximum Gasteiger partial charge on any atom is 0.261 e. The van der Waals surface area contributed by atoms with Gasteiger partial charge in [-0.25, -0.2) is 0 Å². The fourth-order valence-electron chi connectivity index (χ4n) is 5.13. The van der Waals surface area contributed by atoms with Crippen LogP contribution in [0.3, 0.4) is 0 Å². The number of nitrogens with one attached hydrogen (secondary N) is 1. The van der Waals surface area contributed by atoms with E-state index in [0.29, 0.717) is 24.1 Å². The second kappa shape index (κ2) is 11.5. The SMILES string of the molecule is Cc1cccc(CN(C(=O)CCCN2C(=O)c3ccccc3C2=O)[C@H](C)C(=O)NC2CCCCC2)c1. The Labute approximate surface area is 212 Å². The van der Waals surface area contributed by atoms with Gasteiger partial charge in [0.2, 0.25) is 11.8 Å². The molecule has 0 aromatic heterocycles. The predicted octanol–water partition coefficient (Wildman–Crippen LogP) is 4.24. The number of rotatable bonds is 9. The fourth-order valence-corrected chi connectivity index (χ4v) is 5.13. The van der Waals surface area contributed by atoms with Gasteiger partial charge in [0.1, 0.15) is 6.04 Å². The Morgan fingerprint density at radius 3 is 2.31 bits per heavy atom. The van der Waals surface area contributed by atoms with E-state index < -0.39 is 6.04 Å². The van der Waals surface area contributed by atoms with Crippen molar-refractivity contribution in [2.24, 2.45) is 0 Å². The Bertz CT molecular complexity index is 1100. The average Bonchev–Trinajstić information content (AvgIpc) is 3.12. The highest BCUT2D eigenvalue weighted by molar-refractivity contribution is 6.21. The van der Waals surface area contributed by atoms with Gasteiger partial charge in [0.15, 0.2) is 0 Å². The maximum absolute atomic E-state index is 13.4. The van der Waals surface area contributed by atoms with E-state index in [-0.39, 0.29) is 42.6 Å². The van der Waals surface area contributed by atoms with E-state index in [2.05, 4.69) is 5.32 Å². The molecule has 1 fully saturated rings. The van der Waals surface area contributed by atoms with Crippen LogP contribution in [-0.4, -0.2) is 52.1 Å². The first-order valence-corrected chi connectivity index (χ1v) is 13.0. The zero-order valence-electron chi connectivity index (χ0n) is 21.2. The molecule has 0 unspecified atom stereocenters. The molecule has 1 heterocycles. The monoisotopic (exact) mass is 489 g/mol. The van der Waals surface area contributed by atoms with Gasteiger partial charge in [-0.2, -0.15) is 0 Å². The van der Waals surface area contributed by atoms with Gasteiger partial charge in [-0.3, -0.25) is 24.1 Å². The molecule has 0 bridgehead atoms. The third-order valence-corrected chi connectivity index (χ3v) is 7.20.